The van der Waals surface area contributed by atoms with Crippen LogP contribution in [-0.2, 0) is 11.0 Å². The first-order valence-corrected chi connectivity index (χ1v) is 8.02. The van der Waals surface area contributed by atoms with Crippen molar-refractivity contribution < 1.29 is 4.21 Å². The second-order valence-corrected chi connectivity index (χ2v) is 6.48. The van der Waals surface area contributed by atoms with Crippen molar-refractivity contribution in [2.45, 2.75) is 4.90 Å². The smallest absolute Gasteiger partial charge is 0.150 e. The first-order chi connectivity index (χ1) is 10.1. The highest BCUT2D eigenvalue weighted by Gasteiger charge is 2.07. The molecule has 1 aromatic heterocycles. The third kappa shape index (κ3) is 3.35. The lowest BCUT2D eigenvalue weighted by Crippen LogP contribution is -2.05. The largest absolute Gasteiger partial charge is 0.300 e. The Balaban J connectivity index is 1.88. The molecule has 3 nitrogen and oxygen atoms in total. The Morgan fingerprint density at radius 2 is 1.71 bits per heavy atom. The van der Waals surface area contributed by atoms with Crippen LogP contribution in [0.4, 0.5) is 5.69 Å². The van der Waals surface area contributed by atoms with E-state index in [4.69, 9.17) is 23.2 Å². The van der Waals surface area contributed by atoms with Gasteiger partial charge in [0.1, 0.15) is 11.0 Å². The topological polar surface area (TPSA) is 42.0 Å². The molecule has 1 atom stereocenters. The maximum atomic E-state index is 12.3. The molecule has 0 fully saturated rings. The van der Waals surface area contributed by atoms with Gasteiger partial charge in [-0.25, -0.2) is 4.21 Å². The summed E-state index contributed by atoms with van der Waals surface area (Å²) < 4.78 is 15.2. The molecular weight excluding hydrogens is 327 g/mol. The number of benzene rings is 2. The van der Waals surface area contributed by atoms with Crippen molar-refractivity contribution in [3.8, 4) is 0 Å². The summed E-state index contributed by atoms with van der Waals surface area (Å²) in [6.45, 7) is 0. The van der Waals surface area contributed by atoms with E-state index < -0.39 is 11.0 Å². The van der Waals surface area contributed by atoms with E-state index in [2.05, 4.69) is 9.71 Å². The maximum Gasteiger partial charge on any atom is 0.150 e. The molecule has 0 amide bonds. The normalized spacial score (nSPS) is 12.3. The Hall–Kier alpha value is -1.62. The van der Waals surface area contributed by atoms with Crippen molar-refractivity contribution in [2.75, 3.05) is 4.72 Å². The zero-order valence-electron chi connectivity index (χ0n) is 10.7. The van der Waals surface area contributed by atoms with Crippen LogP contribution in [0, 0.1) is 0 Å². The SMILES string of the molecule is O=S(Nc1cnc2ccccc2c1)c1cc(Cl)cc(Cl)c1. The van der Waals surface area contributed by atoms with Crippen LogP contribution in [0.2, 0.25) is 10.0 Å². The monoisotopic (exact) mass is 336 g/mol. The van der Waals surface area contributed by atoms with Gasteiger partial charge in [0.05, 0.1) is 22.3 Å². The van der Waals surface area contributed by atoms with Crippen molar-refractivity contribution >= 4 is 50.8 Å². The number of nitrogens with zero attached hydrogens (tertiary/aromatic N) is 1. The minimum atomic E-state index is -1.46. The van der Waals surface area contributed by atoms with Gasteiger partial charge in [-0.15, -0.1) is 0 Å². The number of fused-ring (bicyclic) bond motifs is 1. The Morgan fingerprint density at radius 3 is 2.48 bits per heavy atom. The number of halogens is 2. The van der Waals surface area contributed by atoms with Crippen LogP contribution in [0.5, 0.6) is 0 Å². The second-order valence-electron chi connectivity index (χ2n) is 4.39. The third-order valence-electron chi connectivity index (χ3n) is 2.85. The second kappa shape index (κ2) is 6.02. The van der Waals surface area contributed by atoms with Gasteiger partial charge < -0.3 is 0 Å². The fourth-order valence-electron chi connectivity index (χ4n) is 1.93. The van der Waals surface area contributed by atoms with Crippen molar-refractivity contribution in [1.82, 2.24) is 4.98 Å². The van der Waals surface area contributed by atoms with E-state index in [0.29, 0.717) is 20.6 Å². The number of pyridine rings is 1. The molecule has 0 saturated heterocycles. The number of nitrogens with one attached hydrogen (secondary N) is 1. The summed E-state index contributed by atoms with van der Waals surface area (Å²) in [7, 11) is -1.46. The minimum absolute atomic E-state index is 0.448. The van der Waals surface area contributed by atoms with Crippen molar-refractivity contribution in [3.63, 3.8) is 0 Å². The Morgan fingerprint density at radius 1 is 1.00 bits per heavy atom. The Bertz CT molecular complexity index is 819. The van der Waals surface area contributed by atoms with Crippen LogP contribution in [0.3, 0.4) is 0 Å². The van der Waals surface area contributed by atoms with Crippen LogP contribution in [-0.4, -0.2) is 9.19 Å². The molecule has 0 aliphatic heterocycles. The van der Waals surface area contributed by atoms with E-state index in [1.54, 1.807) is 24.4 Å². The molecule has 0 saturated carbocycles. The highest BCUT2D eigenvalue weighted by atomic mass is 35.5. The molecule has 21 heavy (non-hydrogen) atoms. The summed E-state index contributed by atoms with van der Waals surface area (Å²) in [5, 5.41) is 1.87. The van der Waals surface area contributed by atoms with Gasteiger partial charge in [-0.3, -0.25) is 9.71 Å². The van der Waals surface area contributed by atoms with E-state index in [1.807, 2.05) is 30.3 Å². The maximum absolute atomic E-state index is 12.3. The molecule has 0 radical (unpaired) electrons. The molecule has 2 aromatic carbocycles. The summed E-state index contributed by atoms with van der Waals surface area (Å²) in [6.07, 6.45) is 1.65. The molecule has 1 N–H and O–H groups in total. The van der Waals surface area contributed by atoms with E-state index >= 15 is 0 Å². The molecule has 106 valence electrons. The van der Waals surface area contributed by atoms with Gasteiger partial charge in [-0.1, -0.05) is 41.4 Å². The number of hydrogen-bond acceptors (Lipinski definition) is 2. The molecule has 1 heterocycles. The third-order valence-corrected chi connectivity index (χ3v) is 4.37. The molecule has 3 aromatic rings. The predicted molar refractivity (Wildman–Crippen MR) is 88.2 cm³/mol. The fourth-order valence-corrected chi connectivity index (χ4v) is 3.50. The van der Waals surface area contributed by atoms with Crippen molar-refractivity contribution in [2.24, 2.45) is 0 Å². The number of hydrogen-bond donors (Lipinski definition) is 1. The minimum Gasteiger partial charge on any atom is -0.300 e. The summed E-state index contributed by atoms with van der Waals surface area (Å²) in [6, 6.07) is 14.5. The average molecular weight is 337 g/mol. The first kappa shape index (κ1) is 14.3. The molecule has 0 aliphatic carbocycles. The number of rotatable bonds is 3. The highest BCUT2D eigenvalue weighted by molar-refractivity contribution is 7.86. The first-order valence-electron chi connectivity index (χ1n) is 6.11. The predicted octanol–water partition coefficient (Wildman–Crippen LogP) is 4.68. The van der Waals surface area contributed by atoms with E-state index in [-0.39, 0.29) is 0 Å². The molecule has 3 rings (SSSR count). The van der Waals surface area contributed by atoms with Crippen LogP contribution < -0.4 is 4.72 Å². The van der Waals surface area contributed by atoms with Gasteiger partial charge in [0.15, 0.2) is 0 Å². The van der Waals surface area contributed by atoms with E-state index in [1.165, 1.54) is 0 Å². The molecule has 0 aliphatic rings. The van der Waals surface area contributed by atoms with Crippen LogP contribution in [0.25, 0.3) is 10.9 Å². The standard InChI is InChI=1S/C15H10Cl2N2OS/c16-11-6-12(17)8-14(7-11)21(20)19-13-5-10-3-1-2-4-15(10)18-9-13/h1-9,19H. The average Bonchev–Trinajstić information content (AvgIpc) is 2.46. The number of para-hydroxylation sites is 1. The molecule has 1 unspecified atom stereocenters. The Labute approximate surface area is 134 Å². The fraction of sp³-hybridized carbons (Fsp3) is 0. The molecule has 0 bridgehead atoms. The highest BCUT2D eigenvalue weighted by Crippen LogP contribution is 2.23. The van der Waals surface area contributed by atoms with E-state index in [0.717, 1.165) is 10.9 Å². The quantitative estimate of drug-likeness (QED) is 0.754. The van der Waals surface area contributed by atoms with Crippen LogP contribution in [0.1, 0.15) is 0 Å². The summed E-state index contributed by atoms with van der Waals surface area (Å²) in [5.74, 6) is 0. The van der Waals surface area contributed by atoms with Crippen LogP contribution in [0.15, 0.2) is 59.6 Å². The summed E-state index contributed by atoms with van der Waals surface area (Å²) in [5.41, 5.74) is 1.56. The van der Waals surface area contributed by atoms with Gasteiger partial charge in [-0.2, -0.15) is 0 Å². The van der Waals surface area contributed by atoms with Gasteiger partial charge >= 0.3 is 0 Å². The van der Waals surface area contributed by atoms with Crippen LogP contribution >= 0.6 is 23.2 Å². The van der Waals surface area contributed by atoms with Crippen molar-refractivity contribution in [1.29, 1.82) is 0 Å². The number of anilines is 1. The van der Waals surface area contributed by atoms with Gasteiger partial charge in [0.2, 0.25) is 0 Å². The summed E-state index contributed by atoms with van der Waals surface area (Å²) >= 11 is 11.8. The van der Waals surface area contributed by atoms with Gasteiger partial charge in [-0.05, 0) is 30.3 Å². The molecule has 0 spiro atoms. The lowest BCUT2D eigenvalue weighted by molar-refractivity contribution is 0.686. The van der Waals surface area contributed by atoms with E-state index in [9.17, 15) is 4.21 Å². The zero-order valence-corrected chi connectivity index (χ0v) is 13.0. The number of aromatic nitrogens is 1. The van der Waals surface area contributed by atoms with Gasteiger partial charge in [0.25, 0.3) is 0 Å². The lowest BCUT2D eigenvalue weighted by Gasteiger charge is -2.07. The molecular formula is C15H10Cl2N2OS. The molecule has 6 heteroatoms. The van der Waals surface area contributed by atoms with Crippen molar-refractivity contribution in [3.05, 3.63) is 64.8 Å². The van der Waals surface area contributed by atoms with Gasteiger partial charge in [0, 0.05) is 15.4 Å². The Kier molecular flexibility index (Phi) is 4.10. The summed E-state index contributed by atoms with van der Waals surface area (Å²) in [4.78, 5) is 4.83. The lowest BCUT2D eigenvalue weighted by atomic mass is 10.2. The zero-order chi connectivity index (χ0) is 14.8.